The van der Waals surface area contributed by atoms with Gasteiger partial charge in [-0.25, -0.2) is 9.97 Å². The number of hydrogen-bond donors (Lipinski definition) is 3. The molecule has 0 fully saturated rings. The van der Waals surface area contributed by atoms with E-state index in [4.69, 9.17) is 5.73 Å². The number of amides is 1. The lowest BCUT2D eigenvalue weighted by Crippen LogP contribution is -2.36. The molecule has 0 aliphatic carbocycles. The van der Waals surface area contributed by atoms with E-state index in [0.29, 0.717) is 31.7 Å². The Morgan fingerprint density at radius 3 is 2.39 bits per heavy atom. The first kappa shape index (κ1) is 25.2. The fraction of sp³-hybridized carbons (Fsp3) is 0.267. The van der Waals surface area contributed by atoms with Crippen LogP contribution in [-0.4, -0.2) is 27.0 Å². The van der Waals surface area contributed by atoms with Crippen LogP contribution in [0.15, 0.2) is 83.8 Å². The van der Waals surface area contributed by atoms with Gasteiger partial charge in [0.05, 0.1) is 0 Å². The van der Waals surface area contributed by atoms with Crippen LogP contribution >= 0.6 is 0 Å². The van der Waals surface area contributed by atoms with E-state index in [2.05, 4.69) is 44.9 Å². The van der Waals surface area contributed by atoms with Crippen LogP contribution in [0.4, 0.5) is 11.6 Å². The second kappa shape index (κ2) is 11.3. The van der Waals surface area contributed by atoms with E-state index >= 15 is 0 Å². The van der Waals surface area contributed by atoms with E-state index in [9.17, 15) is 9.59 Å². The average Bonchev–Trinajstić information content (AvgIpc) is 3.40. The van der Waals surface area contributed by atoms with Crippen molar-refractivity contribution in [3.63, 3.8) is 0 Å². The van der Waals surface area contributed by atoms with Gasteiger partial charge in [-0.1, -0.05) is 73.7 Å². The molecule has 1 aliphatic heterocycles. The highest BCUT2D eigenvalue weighted by molar-refractivity contribution is 5.81. The zero-order valence-corrected chi connectivity index (χ0v) is 21.4. The van der Waals surface area contributed by atoms with Crippen LogP contribution < -0.4 is 21.9 Å². The number of aromatic nitrogens is 3. The second-order valence-electron chi connectivity index (χ2n) is 9.50. The zero-order chi connectivity index (χ0) is 26.5. The van der Waals surface area contributed by atoms with Crippen molar-refractivity contribution in [3.05, 3.63) is 117 Å². The molecular formula is C30H32N6O2. The molecule has 0 bridgehead atoms. The second-order valence-corrected chi connectivity index (χ2v) is 9.50. The molecule has 0 unspecified atom stereocenters. The predicted octanol–water partition coefficient (Wildman–Crippen LogP) is 3.83. The van der Waals surface area contributed by atoms with Gasteiger partial charge < -0.3 is 16.4 Å². The number of nitrogens with zero attached hydrogens (tertiary/aromatic N) is 3. The smallest absolute Gasteiger partial charge is 0.294 e. The standard InChI is InChI=1S/C30H32N6O2/c1-2-25-22(13-16-27(31)35-25)17-34-29(37)26-15-14-23-18-32-28(30(38)36(23)26)33-19-24(20-9-5-3-6-10-20)21-11-7-4-8-12-21/h3-13,16,18,24,26H,2,14-15,17,19H2,1H3,(H2,31,35)(H,32,33)(H,34,37)/t26-/m0/s1. The van der Waals surface area contributed by atoms with Crippen LogP contribution in [0.2, 0.25) is 0 Å². The van der Waals surface area contributed by atoms with Crippen LogP contribution in [0.1, 0.15) is 53.4 Å². The van der Waals surface area contributed by atoms with Gasteiger partial charge in [0, 0.05) is 36.6 Å². The average molecular weight is 509 g/mol. The van der Waals surface area contributed by atoms with Crippen LogP contribution in [0, 0.1) is 0 Å². The molecule has 1 atom stereocenters. The van der Waals surface area contributed by atoms with Gasteiger partial charge in [-0.3, -0.25) is 14.2 Å². The topological polar surface area (TPSA) is 115 Å². The molecule has 0 saturated carbocycles. The molecule has 0 saturated heterocycles. The van der Waals surface area contributed by atoms with Crippen LogP contribution in [0.3, 0.4) is 0 Å². The summed E-state index contributed by atoms with van der Waals surface area (Å²) in [5.74, 6) is 0.564. The molecule has 4 N–H and O–H groups in total. The van der Waals surface area contributed by atoms with Crippen molar-refractivity contribution in [2.24, 2.45) is 0 Å². The molecule has 1 amide bonds. The van der Waals surface area contributed by atoms with Crippen molar-refractivity contribution >= 4 is 17.5 Å². The molecule has 5 rings (SSSR count). The van der Waals surface area contributed by atoms with Gasteiger partial charge >= 0.3 is 0 Å². The summed E-state index contributed by atoms with van der Waals surface area (Å²) in [7, 11) is 0. The first-order valence-corrected chi connectivity index (χ1v) is 13.0. The molecule has 2 aromatic carbocycles. The van der Waals surface area contributed by atoms with Gasteiger partial charge in [0.15, 0.2) is 5.82 Å². The first-order chi connectivity index (χ1) is 18.5. The summed E-state index contributed by atoms with van der Waals surface area (Å²) < 4.78 is 1.59. The van der Waals surface area contributed by atoms with Crippen molar-refractivity contribution in [3.8, 4) is 0 Å². The Labute approximate surface area is 222 Å². The number of nitrogen functional groups attached to an aromatic ring is 1. The van der Waals surface area contributed by atoms with Crippen LogP contribution in [0.5, 0.6) is 0 Å². The number of hydrogen-bond acceptors (Lipinski definition) is 6. The van der Waals surface area contributed by atoms with Crippen molar-refractivity contribution in [1.82, 2.24) is 19.9 Å². The molecule has 3 heterocycles. The summed E-state index contributed by atoms with van der Waals surface area (Å²) in [5, 5.41) is 6.28. The minimum absolute atomic E-state index is 0.0391. The quantitative estimate of drug-likeness (QED) is 0.317. The summed E-state index contributed by atoms with van der Waals surface area (Å²) in [6.45, 7) is 2.83. The maximum absolute atomic E-state index is 13.5. The molecule has 38 heavy (non-hydrogen) atoms. The SMILES string of the molecule is CCc1nc(N)ccc1CNC(=O)[C@@H]1CCc2cnc(NCC(c3ccccc3)c3ccccc3)c(=O)n21. The molecule has 2 aromatic heterocycles. The van der Waals surface area contributed by atoms with Gasteiger partial charge in [0.2, 0.25) is 5.91 Å². The third-order valence-corrected chi connectivity index (χ3v) is 7.12. The Hall–Kier alpha value is -4.46. The summed E-state index contributed by atoms with van der Waals surface area (Å²) >= 11 is 0. The maximum atomic E-state index is 13.5. The number of aryl methyl sites for hydroxylation is 2. The van der Waals surface area contributed by atoms with E-state index < -0.39 is 6.04 Å². The van der Waals surface area contributed by atoms with Gasteiger partial charge in [-0.2, -0.15) is 0 Å². The van der Waals surface area contributed by atoms with Crippen molar-refractivity contribution in [2.75, 3.05) is 17.6 Å². The van der Waals surface area contributed by atoms with E-state index in [0.717, 1.165) is 34.5 Å². The summed E-state index contributed by atoms with van der Waals surface area (Å²) in [5.41, 5.74) is 10.4. The summed E-state index contributed by atoms with van der Waals surface area (Å²) in [6.07, 6.45) is 3.61. The number of anilines is 2. The number of carbonyl (C=O) groups is 1. The number of nitrogens with one attached hydrogen (secondary N) is 2. The van der Waals surface area contributed by atoms with Crippen LogP contribution in [-0.2, 0) is 24.2 Å². The molecular weight excluding hydrogens is 476 g/mol. The molecule has 194 valence electrons. The number of fused-ring (bicyclic) bond motifs is 1. The van der Waals surface area contributed by atoms with E-state index in [1.807, 2.05) is 49.4 Å². The number of benzene rings is 2. The molecule has 8 nitrogen and oxygen atoms in total. The van der Waals surface area contributed by atoms with E-state index in [-0.39, 0.29) is 23.2 Å². The fourth-order valence-corrected chi connectivity index (χ4v) is 5.12. The highest BCUT2D eigenvalue weighted by atomic mass is 16.2. The Balaban J connectivity index is 1.33. The Bertz CT molecular complexity index is 1430. The Morgan fingerprint density at radius 1 is 1.05 bits per heavy atom. The summed E-state index contributed by atoms with van der Waals surface area (Å²) in [6, 6.07) is 23.4. The minimum atomic E-state index is -0.577. The predicted molar refractivity (Wildman–Crippen MR) is 149 cm³/mol. The third kappa shape index (κ3) is 5.29. The fourth-order valence-electron chi connectivity index (χ4n) is 5.12. The molecule has 0 radical (unpaired) electrons. The Morgan fingerprint density at radius 2 is 1.74 bits per heavy atom. The van der Waals surface area contributed by atoms with Gasteiger partial charge in [-0.15, -0.1) is 0 Å². The highest BCUT2D eigenvalue weighted by Crippen LogP contribution is 2.26. The van der Waals surface area contributed by atoms with Gasteiger partial charge in [0.25, 0.3) is 5.56 Å². The monoisotopic (exact) mass is 508 g/mol. The summed E-state index contributed by atoms with van der Waals surface area (Å²) in [4.78, 5) is 35.5. The number of rotatable bonds is 9. The Kier molecular flexibility index (Phi) is 7.49. The van der Waals surface area contributed by atoms with Crippen molar-refractivity contribution < 1.29 is 4.79 Å². The molecule has 1 aliphatic rings. The largest absolute Gasteiger partial charge is 0.384 e. The number of carbonyl (C=O) groups excluding carboxylic acids is 1. The first-order valence-electron chi connectivity index (χ1n) is 13.0. The lowest BCUT2D eigenvalue weighted by atomic mass is 9.91. The van der Waals surface area contributed by atoms with E-state index in [1.165, 1.54) is 0 Å². The highest BCUT2D eigenvalue weighted by Gasteiger charge is 2.30. The van der Waals surface area contributed by atoms with Crippen LogP contribution in [0.25, 0.3) is 0 Å². The van der Waals surface area contributed by atoms with Gasteiger partial charge in [-0.05, 0) is 42.0 Å². The van der Waals surface area contributed by atoms with E-state index in [1.54, 1.807) is 16.8 Å². The number of pyridine rings is 1. The zero-order valence-electron chi connectivity index (χ0n) is 21.4. The van der Waals surface area contributed by atoms with Gasteiger partial charge in [0.1, 0.15) is 11.9 Å². The lowest BCUT2D eigenvalue weighted by Gasteiger charge is -2.20. The third-order valence-electron chi connectivity index (χ3n) is 7.12. The molecule has 4 aromatic rings. The lowest BCUT2D eigenvalue weighted by molar-refractivity contribution is -0.124. The normalized spacial score (nSPS) is 14.3. The maximum Gasteiger partial charge on any atom is 0.294 e. The molecule has 0 spiro atoms. The molecule has 8 heteroatoms. The van der Waals surface area contributed by atoms with Crippen molar-refractivity contribution in [1.29, 1.82) is 0 Å². The minimum Gasteiger partial charge on any atom is -0.384 e. The number of nitrogens with two attached hydrogens (primary N) is 1. The van der Waals surface area contributed by atoms with Crippen molar-refractivity contribution in [2.45, 2.75) is 44.7 Å².